The first kappa shape index (κ1) is 19.6. The molecule has 0 aliphatic carbocycles. The maximum atomic E-state index is 11.1. The number of piperazine rings is 1. The van der Waals surface area contributed by atoms with Crippen LogP contribution in [-0.2, 0) is 7.05 Å². The Morgan fingerprint density at radius 1 is 1.06 bits per heavy atom. The number of fused-ring (bicyclic) bond motifs is 1. The molecule has 10 nitrogen and oxygen atoms in total. The smallest absolute Gasteiger partial charge is 0.407 e. The van der Waals surface area contributed by atoms with Gasteiger partial charge in [-0.15, -0.1) is 0 Å². The van der Waals surface area contributed by atoms with Gasteiger partial charge in [0.15, 0.2) is 0 Å². The molecule has 1 aliphatic heterocycles. The highest BCUT2D eigenvalue weighted by Gasteiger charge is 2.21. The molecule has 1 amide bonds. The van der Waals surface area contributed by atoms with Gasteiger partial charge in [0, 0.05) is 62.3 Å². The molecule has 5 rings (SSSR count). The molecule has 0 aromatic carbocycles. The van der Waals surface area contributed by atoms with E-state index in [1.807, 2.05) is 37.6 Å². The third-order valence-electron chi connectivity index (χ3n) is 5.71. The normalized spacial score (nSPS) is 14.0. The summed E-state index contributed by atoms with van der Waals surface area (Å²) in [5.74, 6) is 0. The molecule has 1 fully saturated rings. The minimum atomic E-state index is -0.884. The predicted octanol–water partition coefficient (Wildman–Crippen LogP) is 2.47. The Kier molecular flexibility index (Phi) is 4.71. The third kappa shape index (κ3) is 3.39. The van der Waals surface area contributed by atoms with Crippen LogP contribution in [0.25, 0.3) is 27.9 Å². The van der Waals surface area contributed by atoms with Crippen molar-refractivity contribution in [2.75, 3.05) is 31.1 Å². The van der Waals surface area contributed by atoms with Gasteiger partial charge in [-0.05, 0) is 18.2 Å². The number of aryl methyl sites for hydroxylation is 1. The van der Waals surface area contributed by atoms with Gasteiger partial charge in [0.25, 0.3) is 0 Å². The topological polar surface area (TPSA) is 116 Å². The van der Waals surface area contributed by atoms with Gasteiger partial charge in [-0.1, -0.05) is 0 Å². The lowest BCUT2D eigenvalue weighted by Gasteiger charge is -2.34. The van der Waals surface area contributed by atoms with Crippen molar-refractivity contribution in [1.82, 2.24) is 29.3 Å². The Morgan fingerprint density at radius 2 is 1.88 bits per heavy atom. The largest absolute Gasteiger partial charge is 0.465 e. The van der Waals surface area contributed by atoms with Crippen molar-refractivity contribution in [3.05, 3.63) is 54.7 Å². The number of nitriles is 1. The van der Waals surface area contributed by atoms with E-state index >= 15 is 0 Å². The van der Waals surface area contributed by atoms with E-state index in [1.165, 1.54) is 4.90 Å². The molecular formula is C22H20N8O2. The number of amides is 1. The van der Waals surface area contributed by atoms with E-state index < -0.39 is 6.09 Å². The average Bonchev–Trinajstić information content (AvgIpc) is 3.44. The zero-order valence-corrected chi connectivity index (χ0v) is 17.4. The van der Waals surface area contributed by atoms with Crippen LogP contribution in [0, 0.1) is 11.3 Å². The molecule has 4 aromatic heterocycles. The maximum Gasteiger partial charge on any atom is 0.407 e. The van der Waals surface area contributed by atoms with Crippen molar-refractivity contribution in [3.8, 4) is 28.5 Å². The highest BCUT2D eigenvalue weighted by Crippen LogP contribution is 2.31. The van der Waals surface area contributed by atoms with Crippen LogP contribution in [0.3, 0.4) is 0 Å². The Balaban J connectivity index is 1.52. The van der Waals surface area contributed by atoms with Crippen molar-refractivity contribution in [2.24, 2.45) is 7.05 Å². The van der Waals surface area contributed by atoms with E-state index in [4.69, 9.17) is 5.11 Å². The number of pyridine rings is 2. The van der Waals surface area contributed by atoms with Crippen molar-refractivity contribution >= 4 is 17.3 Å². The fourth-order valence-corrected chi connectivity index (χ4v) is 4.02. The Morgan fingerprint density at radius 3 is 2.50 bits per heavy atom. The molecule has 10 heteroatoms. The second kappa shape index (κ2) is 7.70. The lowest BCUT2D eigenvalue weighted by atomic mass is 10.0. The summed E-state index contributed by atoms with van der Waals surface area (Å²) in [4.78, 5) is 19.3. The van der Waals surface area contributed by atoms with Crippen molar-refractivity contribution in [2.45, 2.75) is 0 Å². The minimum Gasteiger partial charge on any atom is -0.465 e. The van der Waals surface area contributed by atoms with Crippen LogP contribution in [0.2, 0.25) is 0 Å². The lowest BCUT2D eigenvalue weighted by molar-refractivity contribution is 0.142. The van der Waals surface area contributed by atoms with Crippen LogP contribution in [0.4, 0.5) is 10.5 Å². The van der Waals surface area contributed by atoms with Gasteiger partial charge >= 0.3 is 6.09 Å². The molecule has 0 bridgehead atoms. The van der Waals surface area contributed by atoms with Crippen LogP contribution in [0.15, 0.2) is 49.2 Å². The first-order valence-electron chi connectivity index (χ1n) is 10.1. The number of carbonyl (C=O) groups is 1. The average molecular weight is 428 g/mol. The molecule has 4 aromatic rings. The molecule has 0 saturated carbocycles. The van der Waals surface area contributed by atoms with E-state index in [0.717, 1.165) is 28.1 Å². The van der Waals surface area contributed by atoms with E-state index in [0.29, 0.717) is 37.3 Å². The summed E-state index contributed by atoms with van der Waals surface area (Å²) in [6.45, 7) is 2.17. The summed E-state index contributed by atoms with van der Waals surface area (Å²) in [5, 5.41) is 27.3. The molecule has 1 N–H and O–H groups in total. The second-order valence-electron chi connectivity index (χ2n) is 7.67. The molecule has 160 valence electrons. The van der Waals surface area contributed by atoms with Gasteiger partial charge in [-0.2, -0.15) is 15.5 Å². The van der Waals surface area contributed by atoms with Crippen LogP contribution < -0.4 is 4.90 Å². The standard InChI is InChI=1S/C22H20N8O2/c1-27-13-17(11-25-27)15-8-19(21-16(9-23)10-26-30(21)14-15)20-3-2-18(12-24-20)28-4-6-29(7-5-28)22(31)32/h2-3,8,10-14H,4-7H2,1H3,(H,31,32). The number of rotatable bonds is 3. The molecule has 1 saturated heterocycles. The highest BCUT2D eigenvalue weighted by molar-refractivity contribution is 5.86. The fourth-order valence-electron chi connectivity index (χ4n) is 4.02. The summed E-state index contributed by atoms with van der Waals surface area (Å²) in [6, 6.07) is 8.12. The second-order valence-corrected chi connectivity index (χ2v) is 7.67. The van der Waals surface area contributed by atoms with Gasteiger partial charge in [0.2, 0.25) is 0 Å². The predicted molar refractivity (Wildman–Crippen MR) is 117 cm³/mol. The highest BCUT2D eigenvalue weighted by atomic mass is 16.4. The molecule has 0 atom stereocenters. The van der Waals surface area contributed by atoms with E-state index in [2.05, 4.69) is 26.2 Å². The van der Waals surface area contributed by atoms with E-state index in [1.54, 1.807) is 27.8 Å². The molecule has 0 spiro atoms. The number of nitrogens with zero attached hydrogens (tertiary/aromatic N) is 8. The molecule has 0 unspecified atom stereocenters. The maximum absolute atomic E-state index is 11.1. The Hall–Kier alpha value is -4.39. The van der Waals surface area contributed by atoms with Gasteiger partial charge in [-0.3, -0.25) is 9.67 Å². The van der Waals surface area contributed by atoms with Gasteiger partial charge in [0.1, 0.15) is 6.07 Å². The molecule has 5 heterocycles. The Labute approximate surface area is 183 Å². The van der Waals surface area contributed by atoms with E-state index in [-0.39, 0.29) is 0 Å². The van der Waals surface area contributed by atoms with Crippen LogP contribution in [-0.4, -0.2) is 66.7 Å². The molecular weight excluding hydrogens is 408 g/mol. The third-order valence-corrected chi connectivity index (χ3v) is 5.71. The molecule has 32 heavy (non-hydrogen) atoms. The fraction of sp³-hybridized carbons (Fsp3) is 0.227. The Bertz CT molecular complexity index is 1340. The summed E-state index contributed by atoms with van der Waals surface area (Å²) in [5.41, 5.74) is 5.52. The lowest BCUT2D eigenvalue weighted by Crippen LogP contribution is -2.48. The van der Waals surface area contributed by atoms with Gasteiger partial charge < -0.3 is 14.9 Å². The monoisotopic (exact) mass is 428 g/mol. The molecule has 1 aliphatic rings. The number of carboxylic acid groups (broad SMARTS) is 1. The number of hydrogen-bond acceptors (Lipinski definition) is 6. The minimum absolute atomic E-state index is 0.465. The number of aromatic nitrogens is 5. The number of anilines is 1. The first-order valence-corrected chi connectivity index (χ1v) is 10.1. The van der Waals surface area contributed by atoms with Gasteiger partial charge in [0.05, 0.1) is 41.1 Å². The van der Waals surface area contributed by atoms with Crippen molar-refractivity contribution < 1.29 is 9.90 Å². The van der Waals surface area contributed by atoms with Crippen LogP contribution in [0.1, 0.15) is 5.56 Å². The quantitative estimate of drug-likeness (QED) is 0.533. The zero-order valence-electron chi connectivity index (χ0n) is 17.4. The van der Waals surface area contributed by atoms with Crippen molar-refractivity contribution in [3.63, 3.8) is 0 Å². The number of hydrogen-bond donors (Lipinski definition) is 1. The van der Waals surface area contributed by atoms with E-state index in [9.17, 15) is 10.1 Å². The van der Waals surface area contributed by atoms with Crippen LogP contribution >= 0.6 is 0 Å². The summed E-state index contributed by atoms with van der Waals surface area (Å²) in [6.07, 6.45) is 8.06. The first-order chi connectivity index (χ1) is 15.5. The van der Waals surface area contributed by atoms with Crippen molar-refractivity contribution in [1.29, 1.82) is 5.26 Å². The summed E-state index contributed by atoms with van der Waals surface area (Å²) >= 11 is 0. The zero-order chi connectivity index (χ0) is 22.2. The summed E-state index contributed by atoms with van der Waals surface area (Å²) in [7, 11) is 1.86. The van der Waals surface area contributed by atoms with Gasteiger partial charge in [-0.25, -0.2) is 9.31 Å². The molecule has 0 radical (unpaired) electrons. The van der Waals surface area contributed by atoms with Crippen LogP contribution in [0.5, 0.6) is 0 Å². The SMILES string of the molecule is Cn1cc(-c2cc(-c3ccc(N4CCN(C(=O)O)CC4)cn3)c3c(C#N)cnn3c2)cn1. The summed E-state index contributed by atoms with van der Waals surface area (Å²) < 4.78 is 3.44.